The van der Waals surface area contributed by atoms with Gasteiger partial charge in [0.2, 0.25) is 0 Å². The SMILES string of the molecule is CN=C(NCc1ccc(-c2cccc3c2OC2C4=C(C=CC2O3)C(C)(C)c2ccccc24)cc1)c1ccccc1.Cc1ccccc1. The molecule has 47 heavy (non-hydrogen) atoms. The third kappa shape index (κ3) is 5.88. The van der Waals surface area contributed by atoms with Crippen molar-refractivity contribution in [2.75, 3.05) is 7.05 Å². The summed E-state index contributed by atoms with van der Waals surface area (Å²) >= 11 is 0. The molecule has 0 amide bonds. The molecule has 1 N–H and O–H groups in total. The lowest BCUT2D eigenvalue weighted by Gasteiger charge is -2.37. The molecule has 8 rings (SSSR count). The van der Waals surface area contributed by atoms with Gasteiger partial charge in [-0.2, -0.15) is 0 Å². The lowest BCUT2D eigenvalue weighted by Crippen LogP contribution is -2.41. The Morgan fingerprint density at radius 1 is 0.745 bits per heavy atom. The van der Waals surface area contributed by atoms with Crippen molar-refractivity contribution in [1.29, 1.82) is 0 Å². The number of nitrogens with zero attached hydrogens (tertiary/aromatic N) is 1. The molecule has 2 unspecified atom stereocenters. The molecule has 5 aromatic rings. The summed E-state index contributed by atoms with van der Waals surface area (Å²) in [6.07, 6.45) is 4.06. The minimum absolute atomic E-state index is 0.0662. The second kappa shape index (κ2) is 12.8. The number of hydrogen-bond donors (Lipinski definition) is 1. The van der Waals surface area contributed by atoms with Gasteiger partial charge in [-0.15, -0.1) is 0 Å². The van der Waals surface area contributed by atoms with Crippen LogP contribution in [0, 0.1) is 6.92 Å². The molecule has 4 heteroatoms. The van der Waals surface area contributed by atoms with E-state index in [0.717, 1.165) is 34.0 Å². The number of benzene rings is 5. The van der Waals surface area contributed by atoms with E-state index in [1.54, 1.807) is 0 Å². The number of fused-ring (bicyclic) bond motifs is 5. The van der Waals surface area contributed by atoms with E-state index in [4.69, 9.17) is 9.47 Å². The average Bonchev–Trinajstić information content (AvgIpc) is 3.35. The van der Waals surface area contributed by atoms with E-state index in [2.05, 4.69) is 122 Å². The topological polar surface area (TPSA) is 42.9 Å². The third-order valence-electron chi connectivity index (χ3n) is 9.31. The highest BCUT2D eigenvalue weighted by molar-refractivity contribution is 5.98. The fourth-order valence-electron chi connectivity index (χ4n) is 6.84. The van der Waals surface area contributed by atoms with Gasteiger partial charge in [0.25, 0.3) is 0 Å². The average molecular weight is 617 g/mol. The van der Waals surface area contributed by atoms with E-state index in [1.807, 2.05) is 55.6 Å². The monoisotopic (exact) mass is 616 g/mol. The Labute approximate surface area is 278 Å². The van der Waals surface area contributed by atoms with E-state index in [1.165, 1.54) is 33.4 Å². The van der Waals surface area contributed by atoms with Gasteiger partial charge in [-0.05, 0) is 46.9 Å². The van der Waals surface area contributed by atoms with Crippen LogP contribution in [0.4, 0.5) is 0 Å². The molecular formula is C43H40N2O2. The summed E-state index contributed by atoms with van der Waals surface area (Å²) in [6.45, 7) is 7.37. The first-order valence-corrected chi connectivity index (χ1v) is 16.3. The maximum atomic E-state index is 6.90. The quantitative estimate of drug-likeness (QED) is 0.162. The Morgan fingerprint density at radius 3 is 2.13 bits per heavy atom. The number of amidine groups is 1. The minimum atomic E-state index is -0.190. The van der Waals surface area contributed by atoms with E-state index < -0.39 is 0 Å². The number of aliphatic imine (C=N–C) groups is 1. The molecule has 1 aliphatic heterocycles. The Morgan fingerprint density at radius 2 is 1.43 bits per heavy atom. The van der Waals surface area contributed by atoms with Crippen LogP contribution in [-0.2, 0) is 12.0 Å². The number of aryl methyl sites for hydroxylation is 1. The molecule has 0 fully saturated rings. The maximum Gasteiger partial charge on any atom is 0.170 e. The van der Waals surface area contributed by atoms with Gasteiger partial charge in [0.1, 0.15) is 5.84 Å². The molecule has 0 radical (unpaired) electrons. The van der Waals surface area contributed by atoms with Crippen molar-refractivity contribution in [2.45, 2.75) is 44.9 Å². The number of allylic oxidation sites excluding steroid dienone is 2. The van der Waals surface area contributed by atoms with Crippen LogP contribution >= 0.6 is 0 Å². The fourth-order valence-corrected chi connectivity index (χ4v) is 6.84. The van der Waals surface area contributed by atoms with Crippen molar-refractivity contribution < 1.29 is 9.47 Å². The van der Waals surface area contributed by atoms with Crippen LogP contribution in [0.25, 0.3) is 16.7 Å². The third-order valence-corrected chi connectivity index (χ3v) is 9.31. The molecule has 3 aliphatic rings. The molecular weight excluding hydrogens is 576 g/mol. The molecule has 0 saturated carbocycles. The highest BCUT2D eigenvalue weighted by atomic mass is 16.6. The summed E-state index contributed by atoms with van der Waals surface area (Å²) in [5, 5.41) is 3.47. The number of nitrogens with one attached hydrogen (secondary N) is 1. The van der Waals surface area contributed by atoms with Crippen molar-refractivity contribution in [3.05, 3.63) is 173 Å². The van der Waals surface area contributed by atoms with Crippen LogP contribution in [-0.4, -0.2) is 25.1 Å². The van der Waals surface area contributed by atoms with Crippen molar-refractivity contribution in [2.24, 2.45) is 4.99 Å². The Hall–Kier alpha value is -5.35. The molecule has 0 spiro atoms. The Bertz CT molecular complexity index is 1970. The van der Waals surface area contributed by atoms with Crippen LogP contribution in [0.2, 0.25) is 0 Å². The van der Waals surface area contributed by atoms with Gasteiger partial charge >= 0.3 is 0 Å². The fraction of sp³-hybridized carbons (Fsp3) is 0.186. The summed E-state index contributed by atoms with van der Waals surface area (Å²) in [5.74, 6) is 2.48. The van der Waals surface area contributed by atoms with Crippen LogP contribution in [0.15, 0.2) is 150 Å². The highest BCUT2D eigenvalue weighted by Gasteiger charge is 2.46. The largest absolute Gasteiger partial charge is 0.478 e. The molecule has 234 valence electrons. The predicted molar refractivity (Wildman–Crippen MR) is 193 cm³/mol. The molecule has 2 atom stereocenters. The van der Waals surface area contributed by atoms with Gasteiger partial charge in [-0.1, -0.05) is 147 Å². The van der Waals surface area contributed by atoms with Crippen molar-refractivity contribution in [3.8, 4) is 22.6 Å². The predicted octanol–water partition coefficient (Wildman–Crippen LogP) is 9.34. The summed E-state index contributed by atoms with van der Waals surface area (Å²) in [4.78, 5) is 4.43. The number of para-hydroxylation sites is 1. The lowest BCUT2D eigenvalue weighted by atomic mass is 9.79. The Kier molecular flexibility index (Phi) is 8.26. The van der Waals surface area contributed by atoms with Gasteiger partial charge in [0.15, 0.2) is 23.7 Å². The van der Waals surface area contributed by atoms with E-state index in [-0.39, 0.29) is 17.6 Å². The van der Waals surface area contributed by atoms with Gasteiger partial charge in [0, 0.05) is 35.7 Å². The van der Waals surface area contributed by atoms with Crippen molar-refractivity contribution in [3.63, 3.8) is 0 Å². The molecule has 0 bridgehead atoms. The van der Waals surface area contributed by atoms with Gasteiger partial charge in [-0.3, -0.25) is 4.99 Å². The zero-order chi connectivity index (χ0) is 32.4. The lowest BCUT2D eigenvalue weighted by molar-refractivity contribution is 0.0817. The van der Waals surface area contributed by atoms with E-state index >= 15 is 0 Å². The van der Waals surface area contributed by atoms with Gasteiger partial charge in [-0.25, -0.2) is 0 Å². The molecule has 5 aromatic carbocycles. The first-order chi connectivity index (χ1) is 22.9. The second-order valence-corrected chi connectivity index (χ2v) is 12.8. The van der Waals surface area contributed by atoms with Crippen LogP contribution in [0.1, 0.15) is 41.7 Å². The second-order valence-electron chi connectivity index (χ2n) is 12.8. The Balaban J connectivity index is 0.000000447. The van der Waals surface area contributed by atoms with Gasteiger partial charge < -0.3 is 14.8 Å². The van der Waals surface area contributed by atoms with Gasteiger partial charge in [0.05, 0.1) is 0 Å². The maximum absolute atomic E-state index is 6.90. The molecule has 1 heterocycles. The minimum Gasteiger partial charge on any atom is -0.478 e. The van der Waals surface area contributed by atoms with Crippen LogP contribution in [0.5, 0.6) is 11.5 Å². The first kappa shape index (κ1) is 30.3. The summed E-state index contributed by atoms with van der Waals surface area (Å²) in [6, 6.07) is 44.0. The summed E-state index contributed by atoms with van der Waals surface area (Å²) in [5.41, 5.74) is 10.8. The summed E-state index contributed by atoms with van der Waals surface area (Å²) in [7, 11) is 1.82. The zero-order valence-corrected chi connectivity index (χ0v) is 27.4. The van der Waals surface area contributed by atoms with E-state index in [9.17, 15) is 0 Å². The molecule has 2 aliphatic carbocycles. The highest BCUT2D eigenvalue weighted by Crippen LogP contribution is 2.53. The smallest absolute Gasteiger partial charge is 0.170 e. The molecule has 0 aromatic heterocycles. The summed E-state index contributed by atoms with van der Waals surface area (Å²) < 4.78 is 13.5. The molecule has 0 saturated heterocycles. The standard InChI is InChI=1S/C36H32N2O2.C7H8/c1-36(2)28-14-8-7-12-27(28)32-29(36)20-21-31-34(32)40-33-26(13-9-15-30(33)39-31)24-18-16-23(17-19-24)22-38-35(37-3)25-10-5-4-6-11-25;1-7-5-3-2-4-6-7/h4-21,31,34H,22H2,1-3H3,(H,37,38);2-6H,1H3. The first-order valence-electron chi connectivity index (χ1n) is 16.3. The van der Waals surface area contributed by atoms with Crippen molar-refractivity contribution >= 4 is 11.4 Å². The molecule has 4 nitrogen and oxygen atoms in total. The van der Waals surface area contributed by atoms with Crippen molar-refractivity contribution in [1.82, 2.24) is 5.32 Å². The number of rotatable bonds is 4. The zero-order valence-electron chi connectivity index (χ0n) is 27.4. The van der Waals surface area contributed by atoms with E-state index in [0.29, 0.717) is 6.54 Å². The van der Waals surface area contributed by atoms with Crippen LogP contribution < -0.4 is 14.8 Å². The number of hydrogen-bond acceptors (Lipinski definition) is 3. The normalized spacial score (nSPS) is 18.3. The number of ether oxygens (including phenoxy) is 2. The van der Waals surface area contributed by atoms with Crippen LogP contribution in [0.3, 0.4) is 0 Å².